The Labute approximate surface area is 113 Å². The molecule has 1 aromatic rings. The quantitative estimate of drug-likeness (QED) is 0.829. The number of carbonyl (C=O) groups excluding carboxylic acids is 1. The van der Waals surface area contributed by atoms with Gasteiger partial charge in [0, 0.05) is 24.2 Å². The lowest BCUT2D eigenvalue weighted by molar-refractivity contribution is -0.127. The topological polar surface area (TPSA) is 50.4 Å². The minimum atomic E-state index is -0.646. The van der Waals surface area contributed by atoms with Crippen molar-refractivity contribution < 1.29 is 13.9 Å². The van der Waals surface area contributed by atoms with E-state index < -0.39 is 6.10 Å². The average Bonchev–Trinajstić information content (AvgIpc) is 2.38. The van der Waals surface area contributed by atoms with Crippen LogP contribution in [0.2, 0.25) is 0 Å². The Bertz CT molecular complexity index is 437. The van der Waals surface area contributed by atoms with E-state index in [-0.39, 0.29) is 17.8 Å². The monoisotopic (exact) mass is 268 g/mol. The molecule has 5 heteroatoms. The van der Waals surface area contributed by atoms with Crippen LogP contribution in [-0.4, -0.2) is 25.6 Å². The molecule has 1 amide bonds. The van der Waals surface area contributed by atoms with E-state index in [4.69, 9.17) is 4.74 Å². The third-order valence-corrected chi connectivity index (χ3v) is 2.90. The number of carbonyl (C=O) groups is 1. The summed E-state index contributed by atoms with van der Waals surface area (Å²) >= 11 is 0. The Hall–Kier alpha value is -1.62. The molecule has 0 aliphatic heterocycles. The highest BCUT2D eigenvalue weighted by atomic mass is 19.1. The van der Waals surface area contributed by atoms with Gasteiger partial charge in [-0.15, -0.1) is 0 Å². The van der Waals surface area contributed by atoms with Gasteiger partial charge >= 0.3 is 0 Å². The van der Waals surface area contributed by atoms with Crippen LogP contribution in [0.15, 0.2) is 18.2 Å². The fourth-order valence-electron chi connectivity index (χ4n) is 1.66. The van der Waals surface area contributed by atoms with Crippen LogP contribution in [0.5, 0.6) is 5.75 Å². The van der Waals surface area contributed by atoms with Gasteiger partial charge in [0.25, 0.3) is 5.91 Å². The maximum atomic E-state index is 13.9. The Morgan fingerprint density at radius 3 is 2.63 bits per heavy atom. The fourth-order valence-corrected chi connectivity index (χ4v) is 1.66. The van der Waals surface area contributed by atoms with Crippen LogP contribution < -0.4 is 15.4 Å². The Kier molecular flexibility index (Phi) is 5.76. The van der Waals surface area contributed by atoms with Gasteiger partial charge in [-0.2, -0.15) is 0 Å². The number of nitrogens with one attached hydrogen (secondary N) is 2. The number of benzene rings is 1. The first-order valence-corrected chi connectivity index (χ1v) is 6.40. The zero-order valence-electron chi connectivity index (χ0n) is 11.8. The lowest BCUT2D eigenvalue weighted by Crippen LogP contribution is -2.36. The van der Waals surface area contributed by atoms with E-state index in [0.29, 0.717) is 17.9 Å². The van der Waals surface area contributed by atoms with Crippen molar-refractivity contribution in [3.63, 3.8) is 0 Å². The number of rotatable bonds is 6. The number of halogens is 1. The SMILES string of the molecule is CCNC(=O)C(C)Oc1ccc(C(C)NC)c(F)c1. The zero-order valence-corrected chi connectivity index (χ0v) is 11.8. The number of hydrogen-bond donors (Lipinski definition) is 2. The third-order valence-electron chi connectivity index (χ3n) is 2.90. The lowest BCUT2D eigenvalue weighted by atomic mass is 10.1. The fraction of sp³-hybridized carbons (Fsp3) is 0.500. The third kappa shape index (κ3) is 4.21. The Morgan fingerprint density at radius 1 is 1.42 bits per heavy atom. The highest BCUT2D eigenvalue weighted by Crippen LogP contribution is 2.22. The second-order valence-electron chi connectivity index (χ2n) is 4.35. The molecule has 0 aromatic heterocycles. The van der Waals surface area contributed by atoms with E-state index in [1.165, 1.54) is 6.07 Å². The summed E-state index contributed by atoms with van der Waals surface area (Å²) < 4.78 is 19.3. The molecule has 0 saturated carbocycles. The van der Waals surface area contributed by atoms with Gasteiger partial charge in [-0.1, -0.05) is 6.07 Å². The number of ether oxygens (including phenoxy) is 1. The molecule has 0 saturated heterocycles. The molecule has 2 unspecified atom stereocenters. The molecule has 2 atom stereocenters. The average molecular weight is 268 g/mol. The summed E-state index contributed by atoms with van der Waals surface area (Å²) in [5, 5.41) is 5.62. The molecule has 0 bridgehead atoms. The molecule has 0 aliphatic rings. The van der Waals surface area contributed by atoms with E-state index in [0.717, 1.165) is 0 Å². The van der Waals surface area contributed by atoms with Crippen LogP contribution in [0.25, 0.3) is 0 Å². The second-order valence-corrected chi connectivity index (χ2v) is 4.35. The van der Waals surface area contributed by atoms with E-state index in [9.17, 15) is 9.18 Å². The highest BCUT2D eigenvalue weighted by Gasteiger charge is 2.15. The van der Waals surface area contributed by atoms with Crippen molar-refractivity contribution >= 4 is 5.91 Å². The van der Waals surface area contributed by atoms with Gasteiger partial charge in [-0.05, 0) is 33.9 Å². The molecule has 106 valence electrons. The van der Waals surface area contributed by atoms with E-state index in [2.05, 4.69) is 10.6 Å². The summed E-state index contributed by atoms with van der Waals surface area (Å²) in [7, 11) is 1.77. The number of likely N-dealkylation sites (N-methyl/N-ethyl adjacent to an activating group) is 1. The zero-order chi connectivity index (χ0) is 14.4. The second kappa shape index (κ2) is 7.09. The summed E-state index contributed by atoms with van der Waals surface area (Å²) in [5.74, 6) is -0.207. The van der Waals surface area contributed by atoms with Gasteiger partial charge in [-0.25, -0.2) is 4.39 Å². The van der Waals surface area contributed by atoms with Crippen molar-refractivity contribution in [1.29, 1.82) is 0 Å². The molecule has 0 fully saturated rings. The van der Waals surface area contributed by atoms with Gasteiger partial charge in [0.05, 0.1) is 0 Å². The predicted molar refractivity (Wildman–Crippen MR) is 72.6 cm³/mol. The molecule has 2 N–H and O–H groups in total. The van der Waals surface area contributed by atoms with Crippen molar-refractivity contribution in [3.05, 3.63) is 29.6 Å². The smallest absolute Gasteiger partial charge is 0.260 e. The van der Waals surface area contributed by atoms with E-state index >= 15 is 0 Å². The summed E-state index contributed by atoms with van der Waals surface area (Å²) in [4.78, 5) is 11.5. The molecule has 1 aromatic carbocycles. The minimum absolute atomic E-state index is 0.0742. The number of amides is 1. The van der Waals surface area contributed by atoms with Gasteiger partial charge in [-0.3, -0.25) is 4.79 Å². The summed E-state index contributed by atoms with van der Waals surface area (Å²) in [6, 6.07) is 4.56. The molecular weight excluding hydrogens is 247 g/mol. The van der Waals surface area contributed by atoms with Crippen LogP contribution >= 0.6 is 0 Å². The van der Waals surface area contributed by atoms with Gasteiger partial charge in [0.15, 0.2) is 6.10 Å². The van der Waals surface area contributed by atoms with Crippen molar-refractivity contribution in [2.45, 2.75) is 32.9 Å². The predicted octanol–water partition coefficient (Wildman–Crippen LogP) is 2.01. The molecule has 0 spiro atoms. The van der Waals surface area contributed by atoms with Crippen molar-refractivity contribution in [1.82, 2.24) is 10.6 Å². The number of hydrogen-bond acceptors (Lipinski definition) is 3. The van der Waals surface area contributed by atoms with Crippen molar-refractivity contribution in [2.24, 2.45) is 0 Å². The molecule has 0 radical (unpaired) electrons. The Morgan fingerprint density at radius 2 is 2.11 bits per heavy atom. The first kappa shape index (κ1) is 15.4. The standard InChI is InChI=1S/C14H21FN2O2/c1-5-17-14(18)10(3)19-11-6-7-12(9(2)16-4)13(15)8-11/h6-10,16H,5H2,1-4H3,(H,17,18). The Balaban J connectivity index is 2.76. The van der Waals surface area contributed by atoms with Crippen molar-refractivity contribution in [3.8, 4) is 5.75 Å². The van der Waals surface area contributed by atoms with Gasteiger partial charge in [0.2, 0.25) is 0 Å². The van der Waals surface area contributed by atoms with Crippen LogP contribution in [0.4, 0.5) is 4.39 Å². The summed E-state index contributed by atoms with van der Waals surface area (Å²) in [6.45, 7) is 5.88. The van der Waals surface area contributed by atoms with Crippen molar-refractivity contribution in [2.75, 3.05) is 13.6 Å². The minimum Gasteiger partial charge on any atom is -0.481 e. The molecule has 19 heavy (non-hydrogen) atoms. The van der Waals surface area contributed by atoms with E-state index in [1.807, 2.05) is 13.8 Å². The molecule has 4 nitrogen and oxygen atoms in total. The lowest BCUT2D eigenvalue weighted by Gasteiger charge is -2.16. The molecule has 0 aliphatic carbocycles. The molecule has 0 heterocycles. The maximum Gasteiger partial charge on any atom is 0.260 e. The van der Waals surface area contributed by atoms with E-state index in [1.54, 1.807) is 26.1 Å². The van der Waals surface area contributed by atoms with Gasteiger partial charge in [0.1, 0.15) is 11.6 Å². The maximum absolute atomic E-state index is 13.9. The van der Waals surface area contributed by atoms with Crippen LogP contribution in [0, 0.1) is 5.82 Å². The van der Waals surface area contributed by atoms with Crippen LogP contribution in [0.1, 0.15) is 32.4 Å². The molecule has 1 rings (SSSR count). The first-order valence-electron chi connectivity index (χ1n) is 6.40. The highest BCUT2D eigenvalue weighted by molar-refractivity contribution is 5.80. The van der Waals surface area contributed by atoms with Gasteiger partial charge < -0.3 is 15.4 Å². The summed E-state index contributed by atoms with van der Waals surface area (Å²) in [5.41, 5.74) is 0.570. The molecular formula is C14H21FN2O2. The van der Waals surface area contributed by atoms with Crippen LogP contribution in [0.3, 0.4) is 0 Å². The van der Waals surface area contributed by atoms with Crippen LogP contribution in [-0.2, 0) is 4.79 Å². The normalized spacial score (nSPS) is 13.7. The largest absolute Gasteiger partial charge is 0.481 e. The first-order chi connectivity index (χ1) is 8.99. The summed E-state index contributed by atoms with van der Waals surface area (Å²) in [6.07, 6.45) is -0.646.